The number of nitrogens with zero attached hydrogens (tertiary/aromatic N) is 3. The van der Waals surface area contributed by atoms with Crippen molar-refractivity contribution in [3.8, 4) is 5.75 Å². The summed E-state index contributed by atoms with van der Waals surface area (Å²) in [7, 11) is 0. The zero-order valence-electron chi connectivity index (χ0n) is 14.8. The van der Waals surface area contributed by atoms with Crippen molar-refractivity contribution in [2.75, 3.05) is 0 Å². The van der Waals surface area contributed by atoms with Gasteiger partial charge in [0.25, 0.3) is 5.69 Å². The van der Waals surface area contributed by atoms with Gasteiger partial charge in [-0.3, -0.25) is 19.7 Å². The quantitative estimate of drug-likeness (QED) is 0.306. The first-order valence-electron chi connectivity index (χ1n) is 8.04. The Morgan fingerprint density at radius 2 is 2.00 bits per heavy atom. The number of hydrazone groups is 1. The zero-order chi connectivity index (χ0) is 20.4. The van der Waals surface area contributed by atoms with Crippen molar-refractivity contribution in [1.82, 2.24) is 5.01 Å². The maximum atomic E-state index is 12.1. The first kappa shape index (κ1) is 19.5. The fraction of sp³-hybridized carbons (Fsp3) is 0.167. The number of rotatable bonds is 4. The Hall–Kier alpha value is -3.27. The topological polar surface area (TPSA) is 111 Å². The molecule has 1 atom stereocenters. The van der Waals surface area contributed by atoms with Crippen LogP contribution < -0.4 is 4.74 Å². The van der Waals surface area contributed by atoms with Gasteiger partial charge in [-0.15, -0.1) is 5.10 Å². The smallest absolute Gasteiger partial charge is 0.308 e. The summed E-state index contributed by atoms with van der Waals surface area (Å²) >= 11 is 3.35. The van der Waals surface area contributed by atoms with Gasteiger partial charge in [-0.1, -0.05) is 22.0 Å². The molecule has 28 heavy (non-hydrogen) atoms. The van der Waals surface area contributed by atoms with Gasteiger partial charge < -0.3 is 9.47 Å². The molecule has 9 nitrogen and oxygen atoms in total. The summed E-state index contributed by atoms with van der Waals surface area (Å²) in [5.41, 5.74) is 0.491. The lowest BCUT2D eigenvalue weighted by Crippen LogP contribution is -2.26. The van der Waals surface area contributed by atoms with Gasteiger partial charge in [-0.25, -0.2) is 0 Å². The molecule has 3 rings (SSSR count). The van der Waals surface area contributed by atoms with Crippen LogP contribution in [0.5, 0.6) is 5.75 Å². The second-order valence-corrected chi connectivity index (χ2v) is 6.74. The molecule has 0 spiro atoms. The van der Waals surface area contributed by atoms with E-state index in [9.17, 15) is 19.7 Å². The SMILES string of the molecule is CC(=O)Oc1ccc([N+](=O)[O-])cc1C1OC(c2cccc(Br)c2)=NN1C(C)=O. The van der Waals surface area contributed by atoms with E-state index in [1.54, 1.807) is 18.2 Å². The van der Waals surface area contributed by atoms with Gasteiger partial charge in [-0.05, 0) is 24.3 Å². The summed E-state index contributed by atoms with van der Waals surface area (Å²) in [6, 6.07) is 10.8. The number of non-ortho nitro benzene ring substituents is 1. The average molecular weight is 448 g/mol. The largest absolute Gasteiger partial charge is 0.446 e. The summed E-state index contributed by atoms with van der Waals surface area (Å²) < 4.78 is 11.8. The molecule has 0 fully saturated rings. The van der Waals surface area contributed by atoms with E-state index in [0.717, 1.165) is 9.48 Å². The number of nitro benzene ring substituents is 1. The molecule has 0 saturated heterocycles. The summed E-state index contributed by atoms with van der Waals surface area (Å²) in [6.07, 6.45) is -1.12. The second-order valence-electron chi connectivity index (χ2n) is 5.82. The van der Waals surface area contributed by atoms with Gasteiger partial charge >= 0.3 is 5.97 Å². The Labute approximate surface area is 167 Å². The van der Waals surface area contributed by atoms with Crippen molar-refractivity contribution in [2.45, 2.75) is 20.1 Å². The normalized spacial score (nSPS) is 15.6. The number of benzene rings is 2. The minimum absolute atomic E-state index is 0.0417. The maximum Gasteiger partial charge on any atom is 0.308 e. The van der Waals surface area contributed by atoms with Crippen molar-refractivity contribution in [3.63, 3.8) is 0 Å². The standard InChI is InChI=1S/C18H14BrN3O6/c1-10(23)21-18(28-17(20-21)12-4-3-5-13(19)8-12)15-9-14(22(25)26)6-7-16(15)27-11(2)24/h3-9,18H,1-2H3. The highest BCUT2D eigenvalue weighted by atomic mass is 79.9. The van der Waals surface area contributed by atoms with Crippen LogP contribution >= 0.6 is 15.9 Å². The highest BCUT2D eigenvalue weighted by Crippen LogP contribution is 2.37. The lowest BCUT2D eigenvalue weighted by Gasteiger charge is -2.21. The van der Waals surface area contributed by atoms with Crippen molar-refractivity contribution in [3.05, 3.63) is 68.2 Å². The number of hydrogen-bond acceptors (Lipinski definition) is 7. The van der Waals surface area contributed by atoms with Crippen LogP contribution in [-0.2, 0) is 14.3 Å². The number of carbonyl (C=O) groups is 2. The summed E-state index contributed by atoms with van der Waals surface area (Å²) in [6.45, 7) is 2.49. The third-order valence-electron chi connectivity index (χ3n) is 3.76. The van der Waals surface area contributed by atoms with Crippen molar-refractivity contribution < 1.29 is 24.0 Å². The summed E-state index contributed by atoms with van der Waals surface area (Å²) in [5, 5.41) is 16.4. The van der Waals surface area contributed by atoms with Crippen LogP contribution in [0.1, 0.15) is 31.2 Å². The van der Waals surface area contributed by atoms with Crippen molar-refractivity contribution in [2.24, 2.45) is 5.10 Å². The average Bonchev–Trinajstić information content (AvgIpc) is 3.07. The molecular weight excluding hydrogens is 434 g/mol. The molecule has 144 valence electrons. The van der Waals surface area contributed by atoms with Crippen LogP contribution in [0.4, 0.5) is 5.69 Å². The molecule has 1 unspecified atom stereocenters. The third kappa shape index (κ3) is 4.01. The zero-order valence-corrected chi connectivity index (χ0v) is 16.4. The molecule has 0 bridgehead atoms. The van der Waals surface area contributed by atoms with E-state index in [1.807, 2.05) is 6.07 Å². The van der Waals surface area contributed by atoms with Crippen molar-refractivity contribution in [1.29, 1.82) is 0 Å². The molecule has 1 heterocycles. The predicted octanol–water partition coefficient (Wildman–Crippen LogP) is 3.52. The first-order chi connectivity index (χ1) is 13.3. The Balaban J connectivity index is 2.06. The predicted molar refractivity (Wildman–Crippen MR) is 101 cm³/mol. The molecule has 1 aliphatic rings. The van der Waals surface area contributed by atoms with Gasteiger partial charge in [0.1, 0.15) is 5.75 Å². The Bertz CT molecular complexity index is 1010. The Kier molecular flexibility index (Phi) is 5.41. The van der Waals surface area contributed by atoms with E-state index in [1.165, 1.54) is 32.0 Å². The van der Waals surface area contributed by atoms with Crippen LogP contribution in [0.2, 0.25) is 0 Å². The van der Waals surface area contributed by atoms with Gasteiger partial charge in [-0.2, -0.15) is 5.01 Å². The fourth-order valence-electron chi connectivity index (χ4n) is 2.60. The molecule has 0 aromatic heterocycles. The van der Waals surface area contributed by atoms with E-state index >= 15 is 0 Å². The second kappa shape index (κ2) is 7.77. The molecule has 0 saturated carbocycles. The minimum atomic E-state index is -1.12. The van der Waals surface area contributed by atoms with Gasteiger partial charge in [0.2, 0.25) is 18.0 Å². The highest BCUT2D eigenvalue weighted by Gasteiger charge is 2.36. The van der Waals surface area contributed by atoms with E-state index in [2.05, 4.69) is 21.0 Å². The molecule has 0 radical (unpaired) electrons. The van der Waals surface area contributed by atoms with E-state index < -0.39 is 23.0 Å². The fourth-order valence-corrected chi connectivity index (χ4v) is 3.00. The molecule has 2 aromatic rings. The Morgan fingerprint density at radius 1 is 1.25 bits per heavy atom. The number of esters is 1. The lowest BCUT2D eigenvalue weighted by atomic mass is 10.1. The van der Waals surface area contributed by atoms with Crippen LogP contribution in [0.25, 0.3) is 0 Å². The van der Waals surface area contributed by atoms with Crippen LogP contribution in [0.15, 0.2) is 52.0 Å². The summed E-state index contributed by atoms with van der Waals surface area (Å²) in [5.74, 6) is -0.868. The molecule has 0 N–H and O–H groups in total. The van der Waals surface area contributed by atoms with Crippen LogP contribution in [-0.4, -0.2) is 27.7 Å². The van der Waals surface area contributed by atoms with Crippen molar-refractivity contribution >= 4 is 39.4 Å². The Morgan fingerprint density at radius 3 is 2.61 bits per heavy atom. The van der Waals surface area contributed by atoms with Gasteiger partial charge in [0.05, 0.1) is 10.5 Å². The number of ether oxygens (including phenoxy) is 2. The van der Waals surface area contributed by atoms with Gasteiger partial charge in [0.15, 0.2) is 0 Å². The number of hydrogen-bond donors (Lipinski definition) is 0. The molecule has 10 heteroatoms. The molecule has 1 amide bonds. The molecule has 2 aromatic carbocycles. The van der Waals surface area contributed by atoms with E-state index in [0.29, 0.717) is 5.56 Å². The summed E-state index contributed by atoms with van der Waals surface area (Å²) in [4.78, 5) is 34.1. The maximum absolute atomic E-state index is 12.1. The van der Waals surface area contributed by atoms with Crippen LogP contribution in [0, 0.1) is 10.1 Å². The molecular formula is C18H14BrN3O6. The molecule has 0 aliphatic carbocycles. The number of carbonyl (C=O) groups excluding carboxylic acids is 2. The highest BCUT2D eigenvalue weighted by molar-refractivity contribution is 9.10. The number of nitro groups is 1. The lowest BCUT2D eigenvalue weighted by molar-refractivity contribution is -0.385. The van der Waals surface area contributed by atoms with E-state index in [-0.39, 0.29) is 22.9 Å². The first-order valence-corrected chi connectivity index (χ1v) is 8.83. The number of halogens is 1. The number of amides is 1. The van der Waals surface area contributed by atoms with Crippen LogP contribution in [0.3, 0.4) is 0 Å². The van der Waals surface area contributed by atoms with E-state index in [4.69, 9.17) is 9.47 Å². The third-order valence-corrected chi connectivity index (χ3v) is 4.26. The minimum Gasteiger partial charge on any atom is -0.446 e. The van der Waals surface area contributed by atoms with Gasteiger partial charge in [0, 0.05) is 36.0 Å². The monoisotopic (exact) mass is 447 g/mol. The molecule has 1 aliphatic heterocycles.